The van der Waals surface area contributed by atoms with Gasteiger partial charge in [-0.25, -0.2) is 0 Å². The minimum atomic E-state index is -0.844. The van der Waals surface area contributed by atoms with Gasteiger partial charge in [0.25, 0.3) is 0 Å². The molecule has 0 bridgehead atoms. The number of aliphatic carboxylic acids is 1. The molecule has 1 unspecified atom stereocenters. The second kappa shape index (κ2) is 12.9. The fourth-order valence-corrected chi connectivity index (χ4v) is 2.16. The average molecular weight is 286 g/mol. The zero-order valence-electron chi connectivity index (χ0n) is 13.0. The second-order valence-electron chi connectivity index (χ2n) is 5.35. The van der Waals surface area contributed by atoms with Gasteiger partial charge in [0.2, 0.25) is 0 Å². The lowest BCUT2D eigenvalue weighted by molar-refractivity contribution is -0.150. The van der Waals surface area contributed by atoms with Crippen LogP contribution >= 0.6 is 0 Å². The van der Waals surface area contributed by atoms with Crippen LogP contribution in [0.15, 0.2) is 0 Å². The van der Waals surface area contributed by atoms with E-state index in [-0.39, 0.29) is 24.9 Å². The fourth-order valence-electron chi connectivity index (χ4n) is 2.16. The molecule has 0 saturated carbocycles. The van der Waals surface area contributed by atoms with Crippen LogP contribution < -0.4 is 0 Å². The fraction of sp³-hybridized carbons (Fsp3) is 0.875. The maximum Gasteiger partial charge on any atom is 0.308 e. The topological polar surface area (TPSA) is 63.6 Å². The van der Waals surface area contributed by atoms with Crippen LogP contribution in [0.2, 0.25) is 0 Å². The van der Waals surface area contributed by atoms with Crippen LogP contribution in [0.25, 0.3) is 0 Å². The van der Waals surface area contributed by atoms with E-state index < -0.39 is 5.97 Å². The minimum absolute atomic E-state index is 0.00312. The third-order valence-electron chi connectivity index (χ3n) is 3.42. The summed E-state index contributed by atoms with van der Waals surface area (Å²) in [5, 5.41) is 8.53. The van der Waals surface area contributed by atoms with Crippen molar-refractivity contribution in [1.82, 2.24) is 0 Å². The normalized spacial score (nSPS) is 12.1. The molecule has 0 radical (unpaired) electrons. The number of rotatable bonds is 13. The number of esters is 1. The maximum absolute atomic E-state index is 12.0. The van der Waals surface area contributed by atoms with E-state index in [1.807, 2.05) is 0 Å². The van der Waals surface area contributed by atoms with Crippen LogP contribution in [0.3, 0.4) is 0 Å². The predicted octanol–water partition coefficient (Wildman–Crippen LogP) is 4.17. The predicted molar refractivity (Wildman–Crippen MR) is 79.6 cm³/mol. The second-order valence-corrected chi connectivity index (χ2v) is 5.35. The Balaban J connectivity index is 3.96. The number of hydrogen-bond donors (Lipinski definition) is 1. The summed E-state index contributed by atoms with van der Waals surface area (Å²) in [5.74, 6) is -0.986. The van der Waals surface area contributed by atoms with Gasteiger partial charge in [-0.05, 0) is 19.3 Å². The number of unbranched alkanes of at least 4 members (excludes halogenated alkanes) is 4. The molecule has 0 saturated heterocycles. The molecule has 0 aliphatic carbocycles. The van der Waals surface area contributed by atoms with Gasteiger partial charge < -0.3 is 9.84 Å². The van der Waals surface area contributed by atoms with E-state index in [1.165, 1.54) is 19.3 Å². The molecule has 1 atom stereocenters. The lowest BCUT2D eigenvalue weighted by Gasteiger charge is -2.15. The van der Waals surface area contributed by atoms with E-state index in [4.69, 9.17) is 9.84 Å². The Bertz CT molecular complexity index is 263. The molecule has 4 nitrogen and oxygen atoms in total. The Morgan fingerprint density at radius 2 is 1.60 bits per heavy atom. The Morgan fingerprint density at radius 3 is 2.20 bits per heavy atom. The van der Waals surface area contributed by atoms with Gasteiger partial charge >= 0.3 is 11.9 Å². The molecule has 0 aromatic carbocycles. The minimum Gasteiger partial charge on any atom is -0.481 e. The number of hydrogen-bond acceptors (Lipinski definition) is 3. The third kappa shape index (κ3) is 10.8. The van der Waals surface area contributed by atoms with Crippen molar-refractivity contribution in [3.05, 3.63) is 0 Å². The van der Waals surface area contributed by atoms with Crippen molar-refractivity contribution in [2.24, 2.45) is 5.92 Å². The SMILES string of the molecule is CCCCCCC(CCCC)C(=O)OCCCC(=O)O. The van der Waals surface area contributed by atoms with Crippen LogP contribution in [0.4, 0.5) is 0 Å². The highest BCUT2D eigenvalue weighted by molar-refractivity contribution is 5.72. The lowest BCUT2D eigenvalue weighted by atomic mass is 9.95. The van der Waals surface area contributed by atoms with Gasteiger partial charge in [0, 0.05) is 6.42 Å². The van der Waals surface area contributed by atoms with Crippen molar-refractivity contribution in [1.29, 1.82) is 0 Å². The summed E-state index contributed by atoms with van der Waals surface area (Å²) < 4.78 is 5.21. The summed E-state index contributed by atoms with van der Waals surface area (Å²) in [6.45, 7) is 4.51. The van der Waals surface area contributed by atoms with Crippen molar-refractivity contribution >= 4 is 11.9 Å². The van der Waals surface area contributed by atoms with Crippen LogP contribution in [-0.2, 0) is 14.3 Å². The number of ether oxygens (including phenoxy) is 1. The van der Waals surface area contributed by atoms with E-state index in [0.29, 0.717) is 6.42 Å². The van der Waals surface area contributed by atoms with E-state index in [9.17, 15) is 9.59 Å². The van der Waals surface area contributed by atoms with Gasteiger partial charge in [0.05, 0.1) is 12.5 Å². The summed E-state index contributed by atoms with van der Waals surface area (Å²) in [5.41, 5.74) is 0. The molecule has 0 spiro atoms. The van der Waals surface area contributed by atoms with Gasteiger partial charge in [-0.3, -0.25) is 9.59 Å². The first-order chi connectivity index (χ1) is 9.61. The first-order valence-electron chi connectivity index (χ1n) is 8.00. The Labute approximate surface area is 122 Å². The van der Waals surface area contributed by atoms with E-state index in [0.717, 1.165) is 32.1 Å². The number of carboxylic acids is 1. The summed E-state index contributed by atoms with van der Waals surface area (Å²) in [4.78, 5) is 22.4. The number of carbonyl (C=O) groups is 2. The van der Waals surface area contributed by atoms with Crippen molar-refractivity contribution in [2.45, 2.75) is 78.1 Å². The molecule has 0 aliphatic heterocycles. The van der Waals surface area contributed by atoms with Crippen molar-refractivity contribution in [3.63, 3.8) is 0 Å². The summed E-state index contributed by atoms with van der Waals surface area (Å²) in [6, 6.07) is 0. The van der Waals surface area contributed by atoms with Crippen LogP contribution in [0, 0.1) is 5.92 Å². The molecule has 0 heterocycles. The number of carbonyl (C=O) groups excluding carboxylic acids is 1. The third-order valence-corrected chi connectivity index (χ3v) is 3.42. The highest BCUT2D eigenvalue weighted by atomic mass is 16.5. The molecule has 0 rings (SSSR count). The summed E-state index contributed by atoms with van der Waals surface area (Å²) in [6.07, 6.45) is 9.03. The average Bonchev–Trinajstić information content (AvgIpc) is 2.42. The zero-order chi connectivity index (χ0) is 15.2. The standard InChI is InChI=1S/C16H30O4/c1-3-5-7-8-11-14(10-6-4-2)16(19)20-13-9-12-15(17)18/h14H,3-13H2,1-2H3,(H,17,18). The highest BCUT2D eigenvalue weighted by Crippen LogP contribution is 2.19. The van der Waals surface area contributed by atoms with Gasteiger partial charge in [0.1, 0.15) is 0 Å². The largest absolute Gasteiger partial charge is 0.481 e. The van der Waals surface area contributed by atoms with Gasteiger partial charge in [0.15, 0.2) is 0 Å². The molecule has 0 aliphatic rings. The Morgan fingerprint density at radius 1 is 0.950 bits per heavy atom. The molecular formula is C16H30O4. The van der Waals surface area contributed by atoms with E-state index >= 15 is 0 Å². The van der Waals surface area contributed by atoms with E-state index in [1.54, 1.807) is 0 Å². The van der Waals surface area contributed by atoms with Gasteiger partial charge in [-0.15, -0.1) is 0 Å². The smallest absolute Gasteiger partial charge is 0.308 e. The lowest BCUT2D eigenvalue weighted by Crippen LogP contribution is -2.19. The van der Waals surface area contributed by atoms with E-state index in [2.05, 4.69) is 13.8 Å². The first-order valence-corrected chi connectivity index (χ1v) is 8.00. The molecule has 20 heavy (non-hydrogen) atoms. The molecule has 4 heteroatoms. The Kier molecular flexibility index (Phi) is 12.3. The monoisotopic (exact) mass is 286 g/mol. The molecular weight excluding hydrogens is 256 g/mol. The van der Waals surface area contributed by atoms with Crippen molar-refractivity contribution in [2.75, 3.05) is 6.61 Å². The molecule has 0 amide bonds. The summed E-state index contributed by atoms with van der Waals surface area (Å²) >= 11 is 0. The van der Waals surface area contributed by atoms with Crippen LogP contribution in [-0.4, -0.2) is 23.7 Å². The number of carboxylic acid groups (broad SMARTS) is 1. The molecule has 0 fully saturated rings. The molecule has 0 aromatic heterocycles. The zero-order valence-corrected chi connectivity index (χ0v) is 13.0. The van der Waals surface area contributed by atoms with Crippen LogP contribution in [0.5, 0.6) is 0 Å². The quantitative estimate of drug-likeness (QED) is 0.407. The highest BCUT2D eigenvalue weighted by Gasteiger charge is 2.19. The first kappa shape index (κ1) is 18.9. The molecule has 118 valence electrons. The maximum atomic E-state index is 12.0. The van der Waals surface area contributed by atoms with Crippen LogP contribution in [0.1, 0.15) is 78.1 Å². The molecule has 1 N–H and O–H groups in total. The van der Waals surface area contributed by atoms with Crippen molar-refractivity contribution in [3.8, 4) is 0 Å². The Hall–Kier alpha value is -1.06. The van der Waals surface area contributed by atoms with Crippen molar-refractivity contribution < 1.29 is 19.4 Å². The summed E-state index contributed by atoms with van der Waals surface area (Å²) in [7, 11) is 0. The molecule has 0 aromatic rings. The van der Waals surface area contributed by atoms with Gasteiger partial charge in [-0.1, -0.05) is 52.4 Å². The van der Waals surface area contributed by atoms with Gasteiger partial charge in [-0.2, -0.15) is 0 Å².